The average Bonchev–Trinajstić information content (AvgIpc) is 3.05. The molecule has 5 heteroatoms. The number of rotatable bonds is 4. The van der Waals surface area contributed by atoms with Crippen LogP contribution in [0.1, 0.15) is 30.0 Å². The molecule has 2 amide bonds. The number of hydrogen-bond donors (Lipinski definition) is 1. The van der Waals surface area contributed by atoms with Crippen LogP contribution < -0.4 is 5.32 Å². The molecule has 0 saturated carbocycles. The SMILES string of the molecule is O=C(NCCc1cccc(F)c1)N1CCCC1c1ccncc1. The maximum atomic E-state index is 13.1. The lowest BCUT2D eigenvalue weighted by molar-refractivity contribution is 0.193. The molecular formula is C18H20FN3O. The minimum Gasteiger partial charge on any atom is -0.338 e. The van der Waals surface area contributed by atoms with Crippen molar-refractivity contribution in [3.63, 3.8) is 0 Å². The number of hydrogen-bond acceptors (Lipinski definition) is 2. The van der Waals surface area contributed by atoms with E-state index in [1.807, 2.05) is 23.1 Å². The van der Waals surface area contributed by atoms with E-state index in [9.17, 15) is 9.18 Å². The molecule has 1 fully saturated rings. The summed E-state index contributed by atoms with van der Waals surface area (Å²) in [5, 5.41) is 2.94. The first-order valence-corrected chi connectivity index (χ1v) is 7.93. The van der Waals surface area contributed by atoms with Crippen molar-refractivity contribution in [3.8, 4) is 0 Å². The van der Waals surface area contributed by atoms with Crippen molar-refractivity contribution in [2.75, 3.05) is 13.1 Å². The van der Waals surface area contributed by atoms with Gasteiger partial charge in [0.25, 0.3) is 0 Å². The fraction of sp³-hybridized carbons (Fsp3) is 0.333. The first-order valence-electron chi connectivity index (χ1n) is 7.93. The summed E-state index contributed by atoms with van der Waals surface area (Å²) in [5.74, 6) is -0.244. The molecule has 1 aromatic heterocycles. The molecule has 1 aliphatic heterocycles. The summed E-state index contributed by atoms with van der Waals surface area (Å²) in [6, 6.07) is 10.5. The van der Waals surface area contributed by atoms with Gasteiger partial charge in [0.1, 0.15) is 5.82 Å². The summed E-state index contributed by atoms with van der Waals surface area (Å²) in [5.41, 5.74) is 2.01. The van der Waals surface area contributed by atoms with Crippen molar-refractivity contribution < 1.29 is 9.18 Å². The first-order chi connectivity index (χ1) is 11.2. The van der Waals surface area contributed by atoms with Crippen LogP contribution in [0, 0.1) is 5.82 Å². The van der Waals surface area contributed by atoms with Gasteiger partial charge in [0.05, 0.1) is 6.04 Å². The molecule has 2 heterocycles. The second-order valence-electron chi connectivity index (χ2n) is 5.74. The third kappa shape index (κ3) is 3.86. The van der Waals surface area contributed by atoms with Gasteiger partial charge in [-0.05, 0) is 54.7 Å². The van der Waals surface area contributed by atoms with Gasteiger partial charge in [-0.2, -0.15) is 0 Å². The highest BCUT2D eigenvalue weighted by atomic mass is 19.1. The van der Waals surface area contributed by atoms with Gasteiger partial charge in [-0.1, -0.05) is 12.1 Å². The number of benzene rings is 1. The van der Waals surface area contributed by atoms with E-state index < -0.39 is 0 Å². The van der Waals surface area contributed by atoms with Gasteiger partial charge in [-0.25, -0.2) is 9.18 Å². The summed E-state index contributed by atoms with van der Waals surface area (Å²) in [4.78, 5) is 18.3. The Morgan fingerprint density at radius 3 is 2.91 bits per heavy atom. The van der Waals surface area contributed by atoms with Crippen molar-refractivity contribution in [2.45, 2.75) is 25.3 Å². The highest BCUT2D eigenvalue weighted by molar-refractivity contribution is 5.75. The molecule has 0 bridgehead atoms. The Bertz CT molecular complexity index is 662. The molecule has 1 N–H and O–H groups in total. The molecule has 0 radical (unpaired) electrons. The Morgan fingerprint density at radius 2 is 2.13 bits per heavy atom. The van der Waals surface area contributed by atoms with E-state index >= 15 is 0 Å². The van der Waals surface area contributed by atoms with Crippen LogP contribution in [0.5, 0.6) is 0 Å². The molecule has 2 aromatic rings. The summed E-state index contributed by atoms with van der Waals surface area (Å²) in [6.07, 6.45) is 6.12. The number of aromatic nitrogens is 1. The Morgan fingerprint density at radius 1 is 1.30 bits per heavy atom. The zero-order valence-electron chi connectivity index (χ0n) is 12.9. The third-order valence-electron chi connectivity index (χ3n) is 4.18. The standard InChI is InChI=1S/C18H20FN3O/c19-16-4-1-3-14(13-16)6-11-21-18(23)22-12-2-5-17(22)15-7-9-20-10-8-15/h1,3-4,7-10,13,17H,2,5-6,11-12H2,(H,21,23). The zero-order chi connectivity index (χ0) is 16.1. The van der Waals surface area contributed by atoms with Crippen molar-refractivity contribution in [2.24, 2.45) is 0 Å². The van der Waals surface area contributed by atoms with Crippen LogP contribution in [0.15, 0.2) is 48.8 Å². The number of nitrogens with one attached hydrogen (secondary N) is 1. The van der Waals surface area contributed by atoms with Gasteiger partial charge in [0, 0.05) is 25.5 Å². The van der Waals surface area contributed by atoms with Crippen molar-refractivity contribution in [1.82, 2.24) is 15.2 Å². The van der Waals surface area contributed by atoms with Crippen LogP contribution in [0.2, 0.25) is 0 Å². The fourth-order valence-corrected chi connectivity index (χ4v) is 3.05. The van der Waals surface area contributed by atoms with Gasteiger partial charge in [0.2, 0.25) is 0 Å². The number of pyridine rings is 1. The van der Waals surface area contributed by atoms with Gasteiger partial charge in [-0.3, -0.25) is 4.98 Å². The highest BCUT2D eigenvalue weighted by Crippen LogP contribution is 2.31. The van der Waals surface area contributed by atoms with E-state index in [2.05, 4.69) is 10.3 Å². The minimum atomic E-state index is -0.244. The van der Waals surface area contributed by atoms with E-state index in [0.29, 0.717) is 13.0 Å². The summed E-state index contributed by atoms with van der Waals surface area (Å²) >= 11 is 0. The van der Waals surface area contributed by atoms with E-state index in [-0.39, 0.29) is 17.9 Å². The van der Waals surface area contributed by atoms with Crippen molar-refractivity contribution >= 4 is 6.03 Å². The Hall–Kier alpha value is -2.43. The maximum Gasteiger partial charge on any atom is 0.317 e. The van der Waals surface area contributed by atoms with Crippen LogP contribution in [-0.2, 0) is 6.42 Å². The molecule has 1 aromatic carbocycles. The Balaban J connectivity index is 1.55. The molecule has 1 aliphatic rings. The van der Waals surface area contributed by atoms with Crippen LogP contribution in [0.25, 0.3) is 0 Å². The van der Waals surface area contributed by atoms with Crippen molar-refractivity contribution in [3.05, 3.63) is 65.7 Å². The predicted molar refractivity (Wildman–Crippen MR) is 86.4 cm³/mol. The first kappa shape index (κ1) is 15.5. The number of likely N-dealkylation sites (tertiary alicyclic amines) is 1. The third-order valence-corrected chi connectivity index (χ3v) is 4.18. The quantitative estimate of drug-likeness (QED) is 0.941. The molecule has 4 nitrogen and oxygen atoms in total. The minimum absolute atomic E-state index is 0.0549. The number of amides is 2. The molecule has 120 valence electrons. The summed E-state index contributed by atoms with van der Waals surface area (Å²) in [6.45, 7) is 1.26. The Kier molecular flexibility index (Phi) is 4.86. The molecule has 23 heavy (non-hydrogen) atoms. The number of nitrogens with zero attached hydrogens (tertiary/aromatic N) is 2. The molecule has 1 atom stereocenters. The molecule has 1 unspecified atom stereocenters. The van der Waals surface area contributed by atoms with E-state index in [1.54, 1.807) is 18.5 Å². The molecule has 3 rings (SSSR count). The maximum absolute atomic E-state index is 13.1. The smallest absolute Gasteiger partial charge is 0.317 e. The monoisotopic (exact) mass is 313 g/mol. The molecule has 0 aliphatic carbocycles. The van der Waals surface area contributed by atoms with Crippen LogP contribution in [0.3, 0.4) is 0 Å². The number of halogens is 1. The lowest BCUT2D eigenvalue weighted by atomic mass is 10.1. The van der Waals surface area contributed by atoms with Gasteiger partial charge >= 0.3 is 6.03 Å². The highest BCUT2D eigenvalue weighted by Gasteiger charge is 2.29. The summed E-state index contributed by atoms with van der Waals surface area (Å²) < 4.78 is 13.1. The molecule has 1 saturated heterocycles. The van der Waals surface area contributed by atoms with E-state index in [0.717, 1.165) is 30.5 Å². The molecular weight excluding hydrogens is 293 g/mol. The van der Waals surface area contributed by atoms with Gasteiger partial charge in [-0.15, -0.1) is 0 Å². The zero-order valence-corrected chi connectivity index (χ0v) is 12.9. The van der Waals surface area contributed by atoms with Crippen LogP contribution in [0.4, 0.5) is 9.18 Å². The van der Waals surface area contributed by atoms with E-state index in [1.165, 1.54) is 12.1 Å². The predicted octanol–water partition coefficient (Wildman–Crippen LogP) is 3.31. The Labute approximate surface area is 135 Å². The van der Waals surface area contributed by atoms with Crippen LogP contribution in [-0.4, -0.2) is 29.0 Å². The second-order valence-corrected chi connectivity index (χ2v) is 5.74. The average molecular weight is 313 g/mol. The largest absolute Gasteiger partial charge is 0.338 e. The molecule has 0 spiro atoms. The van der Waals surface area contributed by atoms with Gasteiger partial charge in [0.15, 0.2) is 0 Å². The summed E-state index contributed by atoms with van der Waals surface area (Å²) in [7, 11) is 0. The fourth-order valence-electron chi connectivity index (χ4n) is 3.05. The number of carbonyl (C=O) groups is 1. The van der Waals surface area contributed by atoms with E-state index in [4.69, 9.17) is 0 Å². The lowest BCUT2D eigenvalue weighted by Gasteiger charge is -2.25. The number of urea groups is 1. The normalized spacial score (nSPS) is 17.3. The lowest BCUT2D eigenvalue weighted by Crippen LogP contribution is -2.40. The number of carbonyl (C=O) groups excluding carboxylic acids is 1. The van der Waals surface area contributed by atoms with Crippen LogP contribution >= 0.6 is 0 Å². The van der Waals surface area contributed by atoms with Crippen molar-refractivity contribution in [1.29, 1.82) is 0 Å². The topological polar surface area (TPSA) is 45.2 Å². The second kappa shape index (κ2) is 7.22. The van der Waals surface area contributed by atoms with Gasteiger partial charge < -0.3 is 10.2 Å².